The van der Waals surface area contributed by atoms with Crippen LogP contribution in [0.5, 0.6) is 0 Å². The topological polar surface area (TPSA) is 32.3 Å². The van der Waals surface area contributed by atoms with Gasteiger partial charge in [0, 0.05) is 30.9 Å². The maximum absolute atomic E-state index is 12.3. The first-order chi connectivity index (χ1) is 9.62. The molecule has 0 aliphatic carbocycles. The van der Waals surface area contributed by atoms with Crippen LogP contribution in [0.4, 0.5) is 5.69 Å². The average molecular weight is 276 g/mol. The summed E-state index contributed by atoms with van der Waals surface area (Å²) in [5.41, 5.74) is 1.80. The van der Waals surface area contributed by atoms with Crippen LogP contribution < -0.4 is 5.32 Å². The van der Waals surface area contributed by atoms with Crippen molar-refractivity contribution in [2.24, 2.45) is 5.92 Å². The fourth-order valence-electron chi connectivity index (χ4n) is 2.34. The molecule has 0 aromatic heterocycles. The summed E-state index contributed by atoms with van der Waals surface area (Å²) >= 11 is 0. The molecule has 1 amide bonds. The van der Waals surface area contributed by atoms with E-state index >= 15 is 0 Å². The van der Waals surface area contributed by atoms with E-state index in [0.717, 1.165) is 30.9 Å². The molecular weight excluding hydrogens is 248 g/mol. The first-order valence-corrected chi connectivity index (χ1v) is 7.75. The van der Waals surface area contributed by atoms with Gasteiger partial charge in [-0.15, -0.1) is 0 Å². The second kappa shape index (κ2) is 8.62. The molecule has 0 fully saturated rings. The third kappa shape index (κ3) is 4.87. The lowest BCUT2D eigenvalue weighted by atomic mass is 10.1. The number of nitrogens with one attached hydrogen (secondary N) is 1. The highest BCUT2D eigenvalue weighted by Crippen LogP contribution is 2.14. The van der Waals surface area contributed by atoms with Gasteiger partial charge in [-0.1, -0.05) is 26.3 Å². The molecule has 0 saturated heterocycles. The van der Waals surface area contributed by atoms with Gasteiger partial charge >= 0.3 is 0 Å². The lowest BCUT2D eigenvalue weighted by Gasteiger charge is -2.19. The van der Waals surface area contributed by atoms with E-state index in [1.54, 1.807) is 0 Å². The molecule has 1 atom stereocenters. The van der Waals surface area contributed by atoms with E-state index in [1.807, 2.05) is 43.0 Å². The number of nitrogens with zero attached hydrogens (tertiary/aromatic N) is 1. The fraction of sp³-hybridized carbons (Fsp3) is 0.588. The molecule has 1 aromatic rings. The quantitative estimate of drug-likeness (QED) is 0.778. The maximum atomic E-state index is 12.3. The summed E-state index contributed by atoms with van der Waals surface area (Å²) in [6.07, 6.45) is 2.44. The van der Waals surface area contributed by atoms with Crippen LogP contribution in [0.25, 0.3) is 0 Å². The Labute approximate surface area is 123 Å². The first kappa shape index (κ1) is 16.5. The number of carbonyl (C=O) groups is 1. The molecule has 0 saturated carbocycles. The summed E-state index contributed by atoms with van der Waals surface area (Å²) in [5, 5.41) is 3.43. The molecule has 112 valence electrons. The number of rotatable bonds is 8. The number of carbonyl (C=O) groups excluding carboxylic acids is 1. The Morgan fingerprint density at radius 2 is 1.95 bits per heavy atom. The van der Waals surface area contributed by atoms with E-state index in [2.05, 4.69) is 19.2 Å². The predicted octanol–water partition coefficient (Wildman–Crippen LogP) is 4.02. The van der Waals surface area contributed by atoms with Gasteiger partial charge in [-0.3, -0.25) is 4.79 Å². The summed E-state index contributed by atoms with van der Waals surface area (Å²) in [4.78, 5) is 14.1. The zero-order valence-electron chi connectivity index (χ0n) is 13.3. The van der Waals surface area contributed by atoms with Crippen molar-refractivity contribution in [1.29, 1.82) is 0 Å². The fourth-order valence-corrected chi connectivity index (χ4v) is 2.34. The minimum atomic E-state index is 0.111. The Hall–Kier alpha value is -1.51. The molecule has 20 heavy (non-hydrogen) atoms. The molecule has 1 aromatic carbocycles. The van der Waals surface area contributed by atoms with Crippen molar-refractivity contribution < 1.29 is 4.79 Å². The Morgan fingerprint density at radius 3 is 2.55 bits per heavy atom. The lowest BCUT2D eigenvalue weighted by Crippen LogP contribution is -2.30. The molecule has 0 radical (unpaired) electrons. The molecule has 0 aliphatic heterocycles. The molecular formula is C17H28N2O. The minimum Gasteiger partial charge on any atom is -0.385 e. The number of hydrogen-bond donors (Lipinski definition) is 1. The summed E-state index contributed by atoms with van der Waals surface area (Å²) in [5.74, 6) is 0.766. The van der Waals surface area contributed by atoms with Crippen LogP contribution in [0.3, 0.4) is 0 Å². The van der Waals surface area contributed by atoms with Gasteiger partial charge in [0.15, 0.2) is 0 Å². The van der Waals surface area contributed by atoms with Crippen LogP contribution >= 0.6 is 0 Å². The first-order valence-electron chi connectivity index (χ1n) is 7.75. The summed E-state index contributed by atoms with van der Waals surface area (Å²) in [6, 6.07) is 7.82. The standard InChI is InChI=1S/C17H28N2O/c1-5-9-14(4)13-18-16-11-8-10-15(12-16)17(20)19(6-2)7-3/h8,10-12,14,18H,5-7,9,13H2,1-4H3. The van der Waals surface area contributed by atoms with Crippen molar-refractivity contribution >= 4 is 11.6 Å². The van der Waals surface area contributed by atoms with Crippen LogP contribution in [-0.2, 0) is 0 Å². The Kier molecular flexibility index (Phi) is 7.13. The van der Waals surface area contributed by atoms with E-state index < -0.39 is 0 Å². The van der Waals surface area contributed by atoms with Crippen LogP contribution in [0.15, 0.2) is 24.3 Å². The molecule has 1 N–H and O–H groups in total. The second-order valence-corrected chi connectivity index (χ2v) is 5.33. The third-order valence-electron chi connectivity index (χ3n) is 3.60. The van der Waals surface area contributed by atoms with Gasteiger partial charge in [0.05, 0.1) is 0 Å². The molecule has 0 bridgehead atoms. The molecule has 3 nitrogen and oxygen atoms in total. The van der Waals surface area contributed by atoms with Crippen molar-refractivity contribution in [3.05, 3.63) is 29.8 Å². The number of hydrogen-bond acceptors (Lipinski definition) is 2. The van der Waals surface area contributed by atoms with Crippen LogP contribution in [0.1, 0.15) is 50.9 Å². The van der Waals surface area contributed by atoms with Gasteiger partial charge in [-0.25, -0.2) is 0 Å². The van der Waals surface area contributed by atoms with Crippen molar-refractivity contribution in [3.63, 3.8) is 0 Å². The Morgan fingerprint density at radius 1 is 1.25 bits per heavy atom. The smallest absolute Gasteiger partial charge is 0.253 e. The highest BCUT2D eigenvalue weighted by Gasteiger charge is 2.12. The highest BCUT2D eigenvalue weighted by atomic mass is 16.2. The largest absolute Gasteiger partial charge is 0.385 e. The maximum Gasteiger partial charge on any atom is 0.253 e. The number of anilines is 1. The lowest BCUT2D eigenvalue weighted by molar-refractivity contribution is 0.0773. The summed E-state index contributed by atoms with van der Waals surface area (Å²) in [6.45, 7) is 10.9. The zero-order valence-corrected chi connectivity index (χ0v) is 13.3. The normalized spacial score (nSPS) is 12.0. The van der Waals surface area contributed by atoms with Gasteiger partial charge in [0.1, 0.15) is 0 Å². The molecule has 0 spiro atoms. The van der Waals surface area contributed by atoms with Gasteiger partial charge in [-0.2, -0.15) is 0 Å². The van der Waals surface area contributed by atoms with E-state index in [9.17, 15) is 4.79 Å². The van der Waals surface area contributed by atoms with Gasteiger partial charge in [0.2, 0.25) is 0 Å². The summed E-state index contributed by atoms with van der Waals surface area (Å²) < 4.78 is 0. The van der Waals surface area contributed by atoms with E-state index in [1.165, 1.54) is 12.8 Å². The molecule has 1 rings (SSSR count). The number of benzene rings is 1. The predicted molar refractivity (Wildman–Crippen MR) is 86.3 cm³/mol. The minimum absolute atomic E-state index is 0.111. The molecule has 1 unspecified atom stereocenters. The average Bonchev–Trinajstić information content (AvgIpc) is 2.47. The van der Waals surface area contributed by atoms with Crippen LogP contribution in [0.2, 0.25) is 0 Å². The Balaban J connectivity index is 2.68. The molecule has 0 aliphatic rings. The van der Waals surface area contributed by atoms with Crippen molar-refractivity contribution in [1.82, 2.24) is 4.90 Å². The highest BCUT2D eigenvalue weighted by molar-refractivity contribution is 5.95. The molecule has 0 heterocycles. The van der Waals surface area contributed by atoms with E-state index in [-0.39, 0.29) is 5.91 Å². The van der Waals surface area contributed by atoms with Gasteiger partial charge < -0.3 is 10.2 Å². The van der Waals surface area contributed by atoms with Crippen molar-refractivity contribution in [2.75, 3.05) is 25.0 Å². The number of amides is 1. The van der Waals surface area contributed by atoms with Crippen LogP contribution in [0, 0.1) is 5.92 Å². The van der Waals surface area contributed by atoms with Crippen molar-refractivity contribution in [3.8, 4) is 0 Å². The third-order valence-corrected chi connectivity index (χ3v) is 3.60. The SMILES string of the molecule is CCCC(C)CNc1cccc(C(=O)N(CC)CC)c1. The monoisotopic (exact) mass is 276 g/mol. The van der Waals surface area contributed by atoms with E-state index in [0.29, 0.717) is 5.92 Å². The molecule has 3 heteroatoms. The Bertz CT molecular complexity index is 413. The van der Waals surface area contributed by atoms with E-state index in [4.69, 9.17) is 0 Å². The van der Waals surface area contributed by atoms with Gasteiger partial charge in [0.25, 0.3) is 5.91 Å². The summed E-state index contributed by atoms with van der Waals surface area (Å²) in [7, 11) is 0. The second-order valence-electron chi connectivity index (χ2n) is 5.33. The van der Waals surface area contributed by atoms with Crippen molar-refractivity contribution in [2.45, 2.75) is 40.5 Å². The van der Waals surface area contributed by atoms with Crippen LogP contribution in [-0.4, -0.2) is 30.4 Å². The van der Waals surface area contributed by atoms with Gasteiger partial charge in [-0.05, 0) is 44.4 Å². The zero-order chi connectivity index (χ0) is 15.0.